The van der Waals surface area contributed by atoms with Crippen molar-refractivity contribution in [1.82, 2.24) is 9.55 Å². The predicted octanol–water partition coefficient (Wildman–Crippen LogP) is 6.56. The average Bonchev–Trinajstić information content (AvgIpc) is 3.59. The molecule has 1 aromatic heterocycles. The van der Waals surface area contributed by atoms with Gasteiger partial charge in [0, 0.05) is 6.20 Å². The number of Topliss-reactive ketones (excluding diaryl/α,β-unsaturated/α-hetero) is 1. The maximum atomic E-state index is 13.7. The third-order valence-corrected chi connectivity index (χ3v) is 6.78. The smallest absolute Gasteiger partial charge is 0.316 e. The Morgan fingerprint density at radius 1 is 0.794 bits per heavy atom. The molecule has 0 spiro atoms. The van der Waals surface area contributed by atoms with Gasteiger partial charge in [-0.1, -0.05) is 91.0 Å². The number of aromatic nitrogens is 2. The molecule has 1 fully saturated rings. The largest absolute Gasteiger partial charge is 0.401 e. The lowest BCUT2D eigenvalue weighted by Crippen LogP contribution is -2.38. The molecule has 1 saturated carbocycles. The second kappa shape index (κ2) is 7.97. The fourth-order valence-corrected chi connectivity index (χ4v) is 4.89. The van der Waals surface area contributed by atoms with Gasteiger partial charge in [-0.3, -0.25) is 4.79 Å². The van der Waals surface area contributed by atoms with Crippen LogP contribution in [0.3, 0.4) is 0 Å². The Bertz CT molecular complexity index is 1210. The van der Waals surface area contributed by atoms with E-state index in [1.165, 1.54) is 6.20 Å². The topological polar surface area (TPSA) is 34.9 Å². The van der Waals surface area contributed by atoms with E-state index in [-0.39, 0.29) is 18.5 Å². The second-order valence-electron chi connectivity index (χ2n) is 8.76. The minimum atomic E-state index is -4.59. The van der Waals surface area contributed by atoms with E-state index in [1.54, 1.807) is 6.92 Å². The number of nitrogens with zero attached hydrogens (tertiary/aromatic N) is 2. The number of benzene rings is 3. The molecule has 3 aromatic carbocycles. The molecule has 0 N–H and O–H groups in total. The van der Waals surface area contributed by atoms with Crippen LogP contribution in [0.1, 0.15) is 45.8 Å². The number of hydrogen-bond donors (Lipinski definition) is 0. The summed E-state index contributed by atoms with van der Waals surface area (Å²) < 4.78 is 43.0. The third kappa shape index (κ3) is 3.28. The van der Waals surface area contributed by atoms with Crippen molar-refractivity contribution in [2.45, 2.75) is 31.5 Å². The number of carbonyl (C=O) groups is 1. The first kappa shape index (κ1) is 22.1. The molecule has 3 nitrogen and oxygen atoms in total. The highest BCUT2D eigenvalue weighted by Crippen LogP contribution is 2.59. The summed E-state index contributed by atoms with van der Waals surface area (Å²) >= 11 is 0. The van der Waals surface area contributed by atoms with Crippen LogP contribution < -0.4 is 0 Å². The average molecular weight is 460 g/mol. The molecule has 34 heavy (non-hydrogen) atoms. The van der Waals surface area contributed by atoms with Crippen LogP contribution >= 0.6 is 0 Å². The maximum absolute atomic E-state index is 13.7. The highest BCUT2D eigenvalue weighted by Gasteiger charge is 2.68. The molecular weight excluding hydrogens is 437 g/mol. The number of rotatable bonds is 6. The zero-order valence-electron chi connectivity index (χ0n) is 18.6. The van der Waals surface area contributed by atoms with Crippen molar-refractivity contribution < 1.29 is 18.0 Å². The van der Waals surface area contributed by atoms with E-state index in [2.05, 4.69) is 4.98 Å². The molecule has 0 amide bonds. The van der Waals surface area contributed by atoms with Crippen LogP contribution in [-0.4, -0.2) is 21.5 Å². The van der Waals surface area contributed by atoms with Crippen LogP contribution in [0.15, 0.2) is 97.2 Å². The van der Waals surface area contributed by atoms with Gasteiger partial charge in [0.2, 0.25) is 0 Å². The minimum Gasteiger partial charge on any atom is -0.316 e. The molecule has 0 aliphatic heterocycles. The van der Waals surface area contributed by atoms with Crippen LogP contribution in [0.5, 0.6) is 0 Å². The van der Waals surface area contributed by atoms with E-state index in [0.717, 1.165) is 16.7 Å². The normalized spacial score (nSPS) is 15.2. The van der Waals surface area contributed by atoms with Crippen LogP contribution in [0.2, 0.25) is 0 Å². The number of aryl methyl sites for hydroxylation is 1. The van der Waals surface area contributed by atoms with Gasteiger partial charge in [0.05, 0.1) is 0 Å². The summed E-state index contributed by atoms with van der Waals surface area (Å²) in [6.45, 7) is 1.73. The van der Waals surface area contributed by atoms with Gasteiger partial charge >= 0.3 is 6.18 Å². The number of carbonyl (C=O) groups excluding carboxylic acids is 1. The van der Waals surface area contributed by atoms with E-state index in [4.69, 9.17) is 0 Å². The Hall–Kier alpha value is -3.67. The van der Waals surface area contributed by atoms with Gasteiger partial charge in [-0.05, 0) is 36.5 Å². The summed E-state index contributed by atoms with van der Waals surface area (Å²) in [4.78, 5) is 17.5. The van der Waals surface area contributed by atoms with Crippen molar-refractivity contribution in [2.75, 3.05) is 0 Å². The van der Waals surface area contributed by atoms with Gasteiger partial charge in [0.1, 0.15) is 22.5 Å². The minimum absolute atomic E-state index is 0.153. The molecular formula is C28H23F3N2O. The van der Waals surface area contributed by atoms with Crippen molar-refractivity contribution in [1.29, 1.82) is 0 Å². The van der Waals surface area contributed by atoms with Gasteiger partial charge in [-0.15, -0.1) is 0 Å². The van der Waals surface area contributed by atoms with Gasteiger partial charge in [-0.25, -0.2) is 4.98 Å². The van der Waals surface area contributed by atoms with E-state index in [1.807, 2.05) is 95.6 Å². The lowest BCUT2D eigenvalue weighted by Gasteiger charge is -2.38. The standard InChI is InChI=1S/C28H23F3N2O/c1-20-32-24(25(34)26(17-18-26)28(29,30)31)19-33(20)27(21-11-5-2-6-12-21,22-13-7-3-8-14-22)23-15-9-4-10-16-23/h2-16,19H,17-18H2,1H3. The molecule has 0 saturated heterocycles. The third-order valence-electron chi connectivity index (χ3n) is 6.78. The first-order valence-electron chi connectivity index (χ1n) is 11.2. The van der Waals surface area contributed by atoms with Crippen molar-refractivity contribution in [2.24, 2.45) is 5.41 Å². The Kier molecular flexibility index (Phi) is 5.19. The Morgan fingerprint density at radius 2 is 1.21 bits per heavy atom. The molecule has 0 unspecified atom stereocenters. The lowest BCUT2D eigenvalue weighted by atomic mass is 9.76. The highest BCUT2D eigenvalue weighted by atomic mass is 19.4. The Labute approximate surface area is 195 Å². The summed E-state index contributed by atoms with van der Waals surface area (Å²) in [5.41, 5.74) is -0.682. The molecule has 1 aliphatic carbocycles. The van der Waals surface area contributed by atoms with Gasteiger partial charge in [-0.2, -0.15) is 13.2 Å². The van der Waals surface area contributed by atoms with E-state index < -0.39 is 22.9 Å². The number of hydrogen-bond acceptors (Lipinski definition) is 2. The molecule has 172 valence electrons. The number of imidazole rings is 1. The highest BCUT2D eigenvalue weighted by molar-refractivity contribution is 6.01. The molecule has 6 heteroatoms. The lowest BCUT2D eigenvalue weighted by molar-refractivity contribution is -0.171. The zero-order valence-corrected chi connectivity index (χ0v) is 18.6. The van der Waals surface area contributed by atoms with E-state index in [0.29, 0.717) is 5.82 Å². The summed E-state index contributed by atoms with van der Waals surface area (Å²) in [5, 5.41) is 0. The predicted molar refractivity (Wildman–Crippen MR) is 124 cm³/mol. The first-order valence-corrected chi connectivity index (χ1v) is 11.2. The van der Waals surface area contributed by atoms with Gasteiger partial charge in [0.25, 0.3) is 0 Å². The van der Waals surface area contributed by atoms with Crippen LogP contribution in [0, 0.1) is 12.3 Å². The van der Waals surface area contributed by atoms with Crippen molar-refractivity contribution in [3.05, 3.63) is 125 Å². The number of halogens is 3. The molecule has 5 rings (SSSR count). The first-order chi connectivity index (χ1) is 16.3. The van der Waals surface area contributed by atoms with Crippen LogP contribution in [0.25, 0.3) is 0 Å². The van der Waals surface area contributed by atoms with E-state index in [9.17, 15) is 18.0 Å². The fourth-order valence-electron chi connectivity index (χ4n) is 4.89. The van der Waals surface area contributed by atoms with Crippen molar-refractivity contribution in [3.63, 3.8) is 0 Å². The number of ketones is 1. The van der Waals surface area contributed by atoms with Gasteiger partial charge in [0.15, 0.2) is 5.78 Å². The summed E-state index contributed by atoms with van der Waals surface area (Å²) in [7, 11) is 0. The zero-order chi connectivity index (χ0) is 24.0. The molecule has 1 aliphatic rings. The van der Waals surface area contributed by atoms with Crippen LogP contribution in [0.4, 0.5) is 13.2 Å². The molecule has 0 bridgehead atoms. The fraction of sp³-hybridized carbons (Fsp3) is 0.214. The Balaban J connectivity index is 1.79. The summed E-state index contributed by atoms with van der Waals surface area (Å²) in [6, 6.07) is 29.2. The van der Waals surface area contributed by atoms with Crippen LogP contribution in [-0.2, 0) is 5.54 Å². The molecule has 0 atom stereocenters. The van der Waals surface area contributed by atoms with Crippen molar-refractivity contribution in [3.8, 4) is 0 Å². The molecule has 1 heterocycles. The van der Waals surface area contributed by atoms with Gasteiger partial charge < -0.3 is 4.57 Å². The Morgan fingerprint density at radius 3 is 1.56 bits per heavy atom. The van der Waals surface area contributed by atoms with E-state index >= 15 is 0 Å². The maximum Gasteiger partial charge on any atom is 0.401 e. The SMILES string of the molecule is Cc1nc(C(=O)C2(C(F)(F)F)CC2)cn1C(c1ccccc1)(c1ccccc1)c1ccccc1. The monoisotopic (exact) mass is 460 g/mol. The molecule has 0 radical (unpaired) electrons. The quantitative estimate of drug-likeness (QED) is 0.241. The van der Waals surface area contributed by atoms with Crippen molar-refractivity contribution >= 4 is 5.78 Å². The second-order valence-corrected chi connectivity index (χ2v) is 8.76. The summed E-state index contributed by atoms with van der Waals surface area (Å²) in [6.07, 6.45) is -3.47. The molecule has 4 aromatic rings. The number of alkyl halides is 3. The summed E-state index contributed by atoms with van der Waals surface area (Å²) in [5.74, 6) is -0.497.